The Kier molecular flexibility index (Phi) is 3.34. The lowest BCUT2D eigenvalue weighted by atomic mass is 10.1. The predicted molar refractivity (Wildman–Crippen MR) is 69.0 cm³/mol. The van der Waals surface area contributed by atoms with Crippen molar-refractivity contribution in [3.63, 3.8) is 0 Å². The van der Waals surface area contributed by atoms with Crippen molar-refractivity contribution in [2.24, 2.45) is 7.05 Å². The Hall–Kier alpha value is -1.50. The fourth-order valence-corrected chi connectivity index (χ4v) is 3.60. The molecule has 0 bridgehead atoms. The van der Waals surface area contributed by atoms with Crippen molar-refractivity contribution >= 4 is 21.4 Å². The lowest BCUT2D eigenvalue weighted by molar-refractivity contribution is 0.0926. The Morgan fingerprint density at radius 3 is 2.56 bits per heavy atom. The molecule has 1 saturated heterocycles. The third-order valence-electron chi connectivity index (χ3n) is 3.15. The summed E-state index contributed by atoms with van der Waals surface area (Å²) in [5, 5.41) is 2.85. The topological polar surface area (TPSA) is 94.2 Å². The fraction of sp³-hybridized carbons (Fsp3) is 0.545. The molecule has 7 heteroatoms. The molecule has 0 saturated carbocycles. The van der Waals surface area contributed by atoms with Crippen molar-refractivity contribution in [3.8, 4) is 0 Å². The zero-order valence-corrected chi connectivity index (χ0v) is 11.0. The van der Waals surface area contributed by atoms with Crippen molar-refractivity contribution in [2.45, 2.75) is 18.9 Å². The summed E-state index contributed by atoms with van der Waals surface area (Å²) < 4.78 is 24.2. The van der Waals surface area contributed by atoms with E-state index in [2.05, 4.69) is 5.32 Å². The lowest BCUT2D eigenvalue weighted by Crippen LogP contribution is -2.41. The largest absolute Gasteiger partial charge is 0.397 e. The molecule has 2 rings (SSSR count). The highest BCUT2D eigenvalue weighted by Gasteiger charge is 2.25. The number of aromatic nitrogens is 1. The van der Waals surface area contributed by atoms with Crippen LogP contribution in [0.15, 0.2) is 12.3 Å². The van der Waals surface area contributed by atoms with Gasteiger partial charge in [-0.1, -0.05) is 0 Å². The van der Waals surface area contributed by atoms with Gasteiger partial charge in [0.2, 0.25) is 0 Å². The van der Waals surface area contributed by atoms with Crippen LogP contribution in [0, 0.1) is 0 Å². The maximum Gasteiger partial charge on any atom is 0.268 e. The highest BCUT2D eigenvalue weighted by atomic mass is 32.2. The van der Waals surface area contributed by atoms with Gasteiger partial charge in [0.05, 0.1) is 17.2 Å². The van der Waals surface area contributed by atoms with E-state index in [1.165, 1.54) is 0 Å². The Morgan fingerprint density at radius 1 is 1.44 bits per heavy atom. The second-order valence-corrected chi connectivity index (χ2v) is 6.97. The van der Waals surface area contributed by atoms with E-state index in [0.29, 0.717) is 24.2 Å². The van der Waals surface area contributed by atoms with Crippen molar-refractivity contribution in [2.75, 3.05) is 17.2 Å². The first-order valence-electron chi connectivity index (χ1n) is 5.80. The Morgan fingerprint density at radius 2 is 2.06 bits per heavy atom. The summed E-state index contributed by atoms with van der Waals surface area (Å²) >= 11 is 0. The molecular formula is C11H17N3O3S. The number of amides is 1. The summed E-state index contributed by atoms with van der Waals surface area (Å²) in [7, 11) is -1.15. The van der Waals surface area contributed by atoms with E-state index in [-0.39, 0.29) is 23.5 Å². The third kappa shape index (κ3) is 2.84. The summed E-state index contributed by atoms with van der Waals surface area (Å²) in [5.74, 6) is 0.0824. The minimum absolute atomic E-state index is 0.0721. The molecule has 0 spiro atoms. The number of carbonyl (C=O) groups excluding carboxylic acids is 1. The van der Waals surface area contributed by atoms with Gasteiger partial charge in [0.1, 0.15) is 15.5 Å². The minimum atomic E-state index is -2.90. The maximum absolute atomic E-state index is 12.0. The molecule has 1 aromatic rings. The molecule has 1 aliphatic heterocycles. The number of nitrogens with two attached hydrogens (primary N) is 1. The number of rotatable bonds is 2. The molecule has 2 heterocycles. The van der Waals surface area contributed by atoms with Gasteiger partial charge in [0, 0.05) is 19.3 Å². The van der Waals surface area contributed by atoms with Gasteiger partial charge in [-0.2, -0.15) is 0 Å². The predicted octanol–water partition coefficient (Wildman–Crippen LogP) is -0.0857. The molecule has 100 valence electrons. The first-order chi connectivity index (χ1) is 8.37. The van der Waals surface area contributed by atoms with Gasteiger partial charge in [0.25, 0.3) is 5.91 Å². The van der Waals surface area contributed by atoms with Gasteiger partial charge in [-0.3, -0.25) is 4.79 Å². The normalized spacial score (nSPS) is 19.6. The van der Waals surface area contributed by atoms with Crippen LogP contribution >= 0.6 is 0 Å². The number of sulfone groups is 1. The van der Waals surface area contributed by atoms with Crippen LogP contribution in [-0.2, 0) is 16.9 Å². The number of aryl methyl sites for hydroxylation is 1. The molecule has 0 aliphatic carbocycles. The SMILES string of the molecule is Cn1cc(N)cc1C(=O)NC1CCS(=O)(=O)CC1. The number of nitrogen functional groups attached to an aromatic ring is 1. The van der Waals surface area contributed by atoms with E-state index in [1.807, 2.05) is 0 Å². The molecule has 3 N–H and O–H groups in total. The van der Waals surface area contributed by atoms with Crippen LogP contribution in [0.5, 0.6) is 0 Å². The average Bonchev–Trinajstić information content (AvgIpc) is 2.61. The van der Waals surface area contributed by atoms with Crippen LogP contribution in [-0.4, -0.2) is 36.4 Å². The van der Waals surface area contributed by atoms with E-state index in [9.17, 15) is 13.2 Å². The lowest BCUT2D eigenvalue weighted by Gasteiger charge is -2.23. The Bertz CT molecular complexity index is 548. The number of anilines is 1. The molecule has 1 aliphatic rings. The highest BCUT2D eigenvalue weighted by Crippen LogP contribution is 2.14. The number of nitrogens with one attached hydrogen (secondary N) is 1. The first-order valence-corrected chi connectivity index (χ1v) is 7.63. The van der Waals surface area contributed by atoms with Crippen LogP contribution in [0.4, 0.5) is 5.69 Å². The maximum atomic E-state index is 12.0. The van der Waals surface area contributed by atoms with E-state index >= 15 is 0 Å². The molecule has 1 fully saturated rings. The van der Waals surface area contributed by atoms with Gasteiger partial charge < -0.3 is 15.6 Å². The van der Waals surface area contributed by atoms with Gasteiger partial charge in [-0.05, 0) is 18.9 Å². The molecule has 0 aromatic carbocycles. The average molecular weight is 271 g/mol. The first kappa shape index (κ1) is 12.9. The van der Waals surface area contributed by atoms with Crippen LogP contribution in [0.2, 0.25) is 0 Å². The summed E-state index contributed by atoms with van der Waals surface area (Å²) in [6, 6.07) is 1.53. The van der Waals surface area contributed by atoms with Crippen LogP contribution in [0.25, 0.3) is 0 Å². The summed E-state index contributed by atoms with van der Waals surface area (Å²) in [6.07, 6.45) is 2.63. The summed E-state index contributed by atoms with van der Waals surface area (Å²) in [6.45, 7) is 0. The molecule has 0 atom stereocenters. The Balaban J connectivity index is 1.99. The molecule has 6 nitrogen and oxygen atoms in total. The van der Waals surface area contributed by atoms with E-state index in [1.54, 1.807) is 23.9 Å². The molecule has 0 radical (unpaired) electrons. The fourth-order valence-electron chi connectivity index (χ4n) is 2.11. The van der Waals surface area contributed by atoms with E-state index < -0.39 is 9.84 Å². The molecule has 0 unspecified atom stereocenters. The zero-order valence-electron chi connectivity index (χ0n) is 10.2. The zero-order chi connectivity index (χ0) is 13.3. The van der Waals surface area contributed by atoms with Gasteiger partial charge in [-0.25, -0.2) is 8.42 Å². The van der Waals surface area contributed by atoms with Crippen molar-refractivity contribution in [1.29, 1.82) is 0 Å². The van der Waals surface area contributed by atoms with Crippen LogP contribution in [0.3, 0.4) is 0 Å². The van der Waals surface area contributed by atoms with E-state index in [4.69, 9.17) is 5.73 Å². The third-order valence-corrected chi connectivity index (χ3v) is 4.86. The second kappa shape index (κ2) is 4.64. The molecular weight excluding hydrogens is 254 g/mol. The number of hydrogen-bond acceptors (Lipinski definition) is 4. The van der Waals surface area contributed by atoms with Crippen molar-refractivity contribution in [1.82, 2.24) is 9.88 Å². The second-order valence-electron chi connectivity index (χ2n) is 4.67. The quantitative estimate of drug-likeness (QED) is 0.786. The molecule has 1 amide bonds. The van der Waals surface area contributed by atoms with Gasteiger partial charge in [-0.15, -0.1) is 0 Å². The number of hydrogen-bond donors (Lipinski definition) is 2. The molecule has 1 aromatic heterocycles. The van der Waals surface area contributed by atoms with Gasteiger partial charge in [0.15, 0.2) is 0 Å². The highest BCUT2D eigenvalue weighted by molar-refractivity contribution is 7.91. The van der Waals surface area contributed by atoms with E-state index in [0.717, 1.165) is 0 Å². The number of carbonyl (C=O) groups is 1. The Labute approximate surface area is 106 Å². The smallest absolute Gasteiger partial charge is 0.268 e. The van der Waals surface area contributed by atoms with Crippen molar-refractivity contribution in [3.05, 3.63) is 18.0 Å². The van der Waals surface area contributed by atoms with Crippen molar-refractivity contribution < 1.29 is 13.2 Å². The molecule has 18 heavy (non-hydrogen) atoms. The van der Waals surface area contributed by atoms with Crippen LogP contribution in [0.1, 0.15) is 23.3 Å². The van der Waals surface area contributed by atoms with Crippen LogP contribution < -0.4 is 11.1 Å². The van der Waals surface area contributed by atoms with Gasteiger partial charge >= 0.3 is 0 Å². The summed E-state index contributed by atoms with van der Waals surface area (Å²) in [4.78, 5) is 12.0. The summed E-state index contributed by atoms with van der Waals surface area (Å²) in [5.41, 5.74) is 6.63. The standard InChI is InChI=1S/C11H17N3O3S/c1-14-7-8(12)6-10(14)11(15)13-9-2-4-18(16,17)5-3-9/h6-7,9H,2-5,12H2,1H3,(H,13,15). The minimum Gasteiger partial charge on any atom is -0.397 e. The number of nitrogens with zero attached hydrogens (tertiary/aromatic N) is 1. The monoisotopic (exact) mass is 271 g/mol.